The van der Waals surface area contributed by atoms with E-state index in [0.717, 1.165) is 0 Å². The number of hydrogen-bond donors (Lipinski definition) is 3. The van der Waals surface area contributed by atoms with Gasteiger partial charge in [0, 0.05) is 16.2 Å². The van der Waals surface area contributed by atoms with Crippen LogP contribution >= 0.6 is 0 Å². The van der Waals surface area contributed by atoms with Gasteiger partial charge in [-0.3, -0.25) is 0 Å². The van der Waals surface area contributed by atoms with Crippen LogP contribution < -0.4 is 17.1 Å². The maximum absolute atomic E-state index is 10.9. The smallest absolute Gasteiger partial charge is 0.424 e. The van der Waals surface area contributed by atoms with E-state index in [2.05, 4.69) is 15.0 Å². The summed E-state index contributed by atoms with van der Waals surface area (Å²) in [5.41, 5.74) is -0.352. The standard InChI is InChI=1S/3C8H12N2O2.Fe/c3*1-8(2,3)6-4-5-10(12)7(11)9-6;/h3*4-5,12H,1-3H3;/q;;;+3. The molecule has 3 aromatic rings. The zero-order valence-electron chi connectivity index (χ0n) is 22.6. The fourth-order valence-electron chi connectivity index (χ4n) is 2.44. The van der Waals surface area contributed by atoms with Gasteiger partial charge in [-0.1, -0.05) is 62.3 Å². The Labute approximate surface area is 225 Å². The Morgan fingerprint density at radius 2 is 0.703 bits per heavy atom. The van der Waals surface area contributed by atoms with Crippen molar-refractivity contribution >= 4 is 0 Å². The molecule has 0 saturated heterocycles. The van der Waals surface area contributed by atoms with E-state index >= 15 is 0 Å². The molecule has 3 N–H and O–H groups in total. The van der Waals surface area contributed by atoms with E-state index in [1.54, 1.807) is 18.2 Å². The molecule has 0 aliphatic rings. The second-order valence-electron chi connectivity index (χ2n) is 11.1. The van der Waals surface area contributed by atoms with Gasteiger partial charge in [-0.05, 0) is 18.2 Å². The van der Waals surface area contributed by atoms with Gasteiger partial charge in [0.15, 0.2) is 0 Å². The minimum Gasteiger partial charge on any atom is -0.424 e. The maximum Gasteiger partial charge on any atom is 3.00 e. The van der Waals surface area contributed by atoms with Crippen molar-refractivity contribution in [3.8, 4) is 0 Å². The van der Waals surface area contributed by atoms with E-state index in [4.69, 9.17) is 15.6 Å². The monoisotopic (exact) mass is 560 g/mol. The van der Waals surface area contributed by atoms with Gasteiger partial charge in [-0.2, -0.15) is 15.0 Å². The van der Waals surface area contributed by atoms with Gasteiger partial charge in [0.2, 0.25) is 0 Å². The molecule has 37 heavy (non-hydrogen) atoms. The first kappa shape index (κ1) is 33.6. The van der Waals surface area contributed by atoms with Crippen molar-refractivity contribution in [2.75, 3.05) is 0 Å². The molecule has 0 atom stereocenters. The summed E-state index contributed by atoms with van der Waals surface area (Å²) in [5.74, 6) is 0. The van der Waals surface area contributed by atoms with Crippen LogP contribution in [-0.4, -0.2) is 44.8 Å². The minimum absolute atomic E-state index is 0. The van der Waals surface area contributed by atoms with Crippen LogP contribution in [0.1, 0.15) is 79.4 Å². The number of nitrogens with zero attached hydrogens (tertiary/aromatic N) is 6. The molecule has 0 aliphatic heterocycles. The molecule has 13 heteroatoms. The molecule has 0 unspecified atom stereocenters. The summed E-state index contributed by atoms with van der Waals surface area (Å²) >= 11 is 0. The molecule has 203 valence electrons. The van der Waals surface area contributed by atoms with Crippen LogP contribution in [0.5, 0.6) is 0 Å². The summed E-state index contributed by atoms with van der Waals surface area (Å²) in [7, 11) is 0. The third-order valence-electron chi connectivity index (χ3n) is 4.66. The molecule has 3 rings (SSSR count). The van der Waals surface area contributed by atoms with Gasteiger partial charge in [-0.25, -0.2) is 14.4 Å². The molecular formula is C24H36FeN6O6+3. The average Bonchev–Trinajstić information content (AvgIpc) is 2.72. The molecule has 1 radical (unpaired) electrons. The first-order valence-electron chi connectivity index (χ1n) is 11.1. The molecule has 0 bridgehead atoms. The van der Waals surface area contributed by atoms with Crippen LogP contribution in [0.15, 0.2) is 51.2 Å². The predicted octanol–water partition coefficient (Wildman–Crippen LogP) is 2.33. The van der Waals surface area contributed by atoms with E-state index in [9.17, 15) is 14.4 Å². The van der Waals surface area contributed by atoms with Crippen LogP contribution in [0.4, 0.5) is 0 Å². The van der Waals surface area contributed by atoms with Crippen molar-refractivity contribution in [2.24, 2.45) is 0 Å². The van der Waals surface area contributed by atoms with E-state index in [1.807, 2.05) is 62.3 Å². The number of hydrogen-bond acceptors (Lipinski definition) is 9. The van der Waals surface area contributed by atoms with Crippen molar-refractivity contribution in [3.63, 3.8) is 0 Å². The van der Waals surface area contributed by atoms with Gasteiger partial charge < -0.3 is 15.6 Å². The molecule has 3 heterocycles. The average molecular weight is 560 g/mol. The summed E-state index contributed by atoms with van der Waals surface area (Å²) in [6.45, 7) is 17.6. The van der Waals surface area contributed by atoms with E-state index < -0.39 is 17.1 Å². The van der Waals surface area contributed by atoms with Crippen LogP contribution in [-0.2, 0) is 33.3 Å². The Balaban J connectivity index is 0.000000518. The van der Waals surface area contributed by atoms with Gasteiger partial charge in [0.25, 0.3) is 0 Å². The first-order chi connectivity index (χ1) is 16.2. The van der Waals surface area contributed by atoms with E-state index in [0.29, 0.717) is 31.3 Å². The molecule has 0 aliphatic carbocycles. The van der Waals surface area contributed by atoms with Gasteiger partial charge in [0.05, 0.1) is 35.7 Å². The third kappa shape index (κ3) is 10.6. The van der Waals surface area contributed by atoms with Crippen molar-refractivity contribution < 1.29 is 32.7 Å². The Morgan fingerprint density at radius 3 is 0.838 bits per heavy atom. The largest absolute Gasteiger partial charge is 3.00 e. The van der Waals surface area contributed by atoms with Crippen LogP contribution in [0.25, 0.3) is 0 Å². The topological polar surface area (TPSA) is 165 Å². The molecule has 0 saturated carbocycles. The van der Waals surface area contributed by atoms with Crippen molar-refractivity contribution in [1.29, 1.82) is 0 Å². The Morgan fingerprint density at radius 1 is 0.514 bits per heavy atom. The third-order valence-corrected chi connectivity index (χ3v) is 4.66. The Kier molecular flexibility index (Phi) is 11.5. The van der Waals surface area contributed by atoms with Crippen molar-refractivity contribution in [1.82, 2.24) is 29.1 Å². The molecule has 0 amide bonds. The zero-order valence-corrected chi connectivity index (χ0v) is 23.7. The number of aromatic nitrogens is 6. The second-order valence-corrected chi connectivity index (χ2v) is 11.1. The van der Waals surface area contributed by atoms with Crippen LogP contribution in [0.2, 0.25) is 0 Å². The predicted molar refractivity (Wildman–Crippen MR) is 133 cm³/mol. The summed E-state index contributed by atoms with van der Waals surface area (Å²) in [4.78, 5) is 43.8. The molecule has 0 fully saturated rings. The van der Waals surface area contributed by atoms with Gasteiger partial charge in [-0.15, -0.1) is 14.2 Å². The van der Waals surface area contributed by atoms with Crippen LogP contribution in [0.3, 0.4) is 0 Å². The Bertz CT molecular complexity index is 1180. The molecule has 3 aromatic heterocycles. The Hall–Kier alpha value is -3.44. The quantitative estimate of drug-likeness (QED) is 0.276. The van der Waals surface area contributed by atoms with Crippen molar-refractivity contribution in [3.05, 3.63) is 85.3 Å². The van der Waals surface area contributed by atoms with Crippen LogP contribution in [0, 0.1) is 0 Å². The second kappa shape index (κ2) is 12.7. The fourth-order valence-corrected chi connectivity index (χ4v) is 2.44. The summed E-state index contributed by atoms with van der Waals surface area (Å²) in [6, 6.07) is 4.88. The molecular weight excluding hydrogens is 524 g/mol. The van der Waals surface area contributed by atoms with Crippen molar-refractivity contribution in [2.45, 2.75) is 78.6 Å². The van der Waals surface area contributed by atoms with E-state index in [-0.39, 0.29) is 33.3 Å². The molecule has 0 spiro atoms. The fraction of sp³-hybridized carbons (Fsp3) is 0.500. The minimum atomic E-state index is -0.637. The SMILES string of the molecule is CC(C)(C)c1ccn(O)c(=O)n1.CC(C)(C)c1ccn(O)c(=O)n1.CC(C)(C)c1ccn(O)c(=O)n1.[Fe+3]. The maximum atomic E-state index is 10.9. The normalized spacial score (nSPS) is 11.3. The summed E-state index contributed by atoms with van der Waals surface area (Å²) < 4.78 is 1.40. The molecule has 12 nitrogen and oxygen atoms in total. The zero-order chi connectivity index (χ0) is 28.1. The molecule has 0 aromatic carbocycles. The summed E-state index contributed by atoms with van der Waals surface area (Å²) in [5, 5.41) is 26.6. The first-order valence-corrected chi connectivity index (χ1v) is 11.1. The van der Waals surface area contributed by atoms with E-state index in [1.165, 1.54) is 18.6 Å². The number of rotatable bonds is 0. The van der Waals surface area contributed by atoms with Gasteiger partial charge in [0.1, 0.15) is 0 Å². The van der Waals surface area contributed by atoms with Gasteiger partial charge >= 0.3 is 34.1 Å². The summed E-state index contributed by atoms with van der Waals surface area (Å²) in [6.07, 6.45) is 3.90.